The Morgan fingerprint density at radius 2 is 1.65 bits per heavy atom. The lowest BCUT2D eigenvalue weighted by atomic mass is 9.80. The van der Waals surface area contributed by atoms with Crippen molar-refractivity contribution in [2.75, 3.05) is 0 Å². The molecule has 0 radical (unpaired) electrons. The maximum absolute atomic E-state index is 9.53. The lowest BCUT2D eigenvalue weighted by molar-refractivity contribution is 0.641. The van der Waals surface area contributed by atoms with Crippen LogP contribution in [0.15, 0.2) is 54.6 Å². The summed E-state index contributed by atoms with van der Waals surface area (Å²) in [6.45, 7) is 0. The molecule has 0 heterocycles. The summed E-state index contributed by atoms with van der Waals surface area (Å²) in [5.41, 5.74) is 1.85. The minimum absolute atomic E-state index is 0.148. The fraction of sp³-hybridized carbons (Fsp3) is 0.176. The molecule has 0 bridgehead atoms. The molecule has 0 fully saturated rings. The maximum atomic E-state index is 9.53. The van der Waals surface area contributed by atoms with Gasteiger partial charge in [0, 0.05) is 17.4 Å². The van der Waals surface area contributed by atoms with Gasteiger partial charge in [-0.15, -0.1) is 0 Å². The standard InChI is InChI=1S/C17H13ClN2/c18-15-8-4-7-14(11-15)17(12-20)16(9-10-19)13-5-2-1-3-6-13/h1-8,11,16-17H,9H2. The SMILES string of the molecule is N#CCC(c1ccccc1)C(C#N)c1cccc(Cl)c1. The van der Waals surface area contributed by atoms with E-state index in [2.05, 4.69) is 12.1 Å². The van der Waals surface area contributed by atoms with Crippen molar-refractivity contribution >= 4 is 11.6 Å². The summed E-state index contributed by atoms with van der Waals surface area (Å²) in [6, 6.07) is 21.5. The maximum Gasteiger partial charge on any atom is 0.0791 e. The average molecular weight is 281 g/mol. The number of nitrogens with zero attached hydrogens (tertiary/aromatic N) is 2. The first-order chi connectivity index (χ1) is 9.76. The number of benzene rings is 2. The molecule has 2 aromatic carbocycles. The second-order valence-corrected chi connectivity index (χ2v) is 4.98. The van der Waals surface area contributed by atoms with E-state index < -0.39 is 0 Å². The molecule has 0 N–H and O–H groups in total. The van der Waals surface area contributed by atoms with Gasteiger partial charge < -0.3 is 0 Å². The largest absolute Gasteiger partial charge is 0.198 e. The van der Waals surface area contributed by atoms with E-state index in [1.165, 1.54) is 0 Å². The van der Waals surface area contributed by atoms with E-state index in [0.29, 0.717) is 11.4 Å². The van der Waals surface area contributed by atoms with Gasteiger partial charge in [-0.1, -0.05) is 54.1 Å². The molecule has 2 aromatic rings. The zero-order chi connectivity index (χ0) is 14.4. The minimum Gasteiger partial charge on any atom is -0.198 e. The molecule has 0 aliphatic rings. The molecule has 2 unspecified atom stereocenters. The van der Waals surface area contributed by atoms with Crippen molar-refractivity contribution in [2.45, 2.75) is 18.3 Å². The highest BCUT2D eigenvalue weighted by Crippen LogP contribution is 2.35. The summed E-state index contributed by atoms with van der Waals surface area (Å²) < 4.78 is 0. The van der Waals surface area contributed by atoms with Gasteiger partial charge in [0.25, 0.3) is 0 Å². The number of hydrogen-bond acceptors (Lipinski definition) is 2. The monoisotopic (exact) mass is 280 g/mol. The van der Waals surface area contributed by atoms with Crippen LogP contribution in [0.4, 0.5) is 0 Å². The van der Waals surface area contributed by atoms with E-state index in [4.69, 9.17) is 16.9 Å². The summed E-state index contributed by atoms with van der Waals surface area (Å²) in [6.07, 6.45) is 0.300. The Balaban J connectivity index is 2.42. The second-order valence-electron chi connectivity index (χ2n) is 4.54. The van der Waals surface area contributed by atoms with Crippen LogP contribution in [0.3, 0.4) is 0 Å². The second kappa shape index (κ2) is 6.75. The minimum atomic E-state index is -0.379. The first kappa shape index (κ1) is 14.1. The Kier molecular flexibility index (Phi) is 4.77. The van der Waals surface area contributed by atoms with E-state index in [1.54, 1.807) is 12.1 Å². The van der Waals surface area contributed by atoms with Crippen molar-refractivity contribution in [2.24, 2.45) is 0 Å². The van der Waals surface area contributed by atoms with Crippen LogP contribution in [0.5, 0.6) is 0 Å². The topological polar surface area (TPSA) is 47.6 Å². The molecule has 2 atom stereocenters. The first-order valence-electron chi connectivity index (χ1n) is 6.33. The Bertz CT molecular complexity index is 653. The fourth-order valence-corrected chi connectivity index (χ4v) is 2.52. The Hall–Kier alpha value is -2.29. The normalized spacial score (nSPS) is 12.9. The average Bonchev–Trinajstić information content (AvgIpc) is 2.48. The number of rotatable bonds is 4. The van der Waals surface area contributed by atoms with Gasteiger partial charge in [0.2, 0.25) is 0 Å². The molecule has 0 spiro atoms. The third kappa shape index (κ3) is 3.18. The Morgan fingerprint density at radius 1 is 0.950 bits per heavy atom. The van der Waals surface area contributed by atoms with Crippen LogP contribution in [0.1, 0.15) is 29.4 Å². The van der Waals surface area contributed by atoms with Gasteiger partial charge in [0.15, 0.2) is 0 Å². The van der Waals surface area contributed by atoms with Crippen LogP contribution in [-0.4, -0.2) is 0 Å². The van der Waals surface area contributed by atoms with Crippen molar-refractivity contribution in [3.05, 3.63) is 70.7 Å². The van der Waals surface area contributed by atoms with Crippen LogP contribution in [-0.2, 0) is 0 Å². The molecular weight excluding hydrogens is 268 g/mol. The number of halogens is 1. The van der Waals surface area contributed by atoms with Crippen LogP contribution >= 0.6 is 11.6 Å². The van der Waals surface area contributed by atoms with Crippen LogP contribution in [0, 0.1) is 22.7 Å². The lowest BCUT2D eigenvalue weighted by Crippen LogP contribution is -2.09. The van der Waals surface area contributed by atoms with E-state index in [-0.39, 0.29) is 11.8 Å². The molecule has 0 aliphatic carbocycles. The highest BCUT2D eigenvalue weighted by molar-refractivity contribution is 6.30. The summed E-state index contributed by atoms with van der Waals surface area (Å²) in [7, 11) is 0. The van der Waals surface area contributed by atoms with E-state index in [9.17, 15) is 5.26 Å². The molecule has 3 heteroatoms. The molecule has 20 heavy (non-hydrogen) atoms. The highest BCUT2D eigenvalue weighted by atomic mass is 35.5. The smallest absolute Gasteiger partial charge is 0.0791 e. The van der Waals surface area contributed by atoms with Gasteiger partial charge in [-0.3, -0.25) is 0 Å². The van der Waals surface area contributed by atoms with E-state index in [0.717, 1.165) is 11.1 Å². The Labute approximate surface area is 123 Å². The molecule has 2 nitrogen and oxygen atoms in total. The lowest BCUT2D eigenvalue weighted by Gasteiger charge is -2.20. The van der Waals surface area contributed by atoms with Gasteiger partial charge in [-0.25, -0.2) is 0 Å². The summed E-state index contributed by atoms with van der Waals surface area (Å²) >= 11 is 6.00. The summed E-state index contributed by atoms with van der Waals surface area (Å²) in [5, 5.41) is 19.2. The van der Waals surface area contributed by atoms with Crippen molar-refractivity contribution in [3.8, 4) is 12.1 Å². The Morgan fingerprint density at radius 3 is 2.25 bits per heavy atom. The van der Waals surface area contributed by atoms with Crippen molar-refractivity contribution in [1.82, 2.24) is 0 Å². The highest BCUT2D eigenvalue weighted by Gasteiger charge is 2.24. The van der Waals surface area contributed by atoms with Crippen LogP contribution in [0.2, 0.25) is 5.02 Å². The number of hydrogen-bond donors (Lipinski definition) is 0. The zero-order valence-corrected chi connectivity index (χ0v) is 11.6. The van der Waals surface area contributed by atoms with Crippen LogP contribution < -0.4 is 0 Å². The first-order valence-corrected chi connectivity index (χ1v) is 6.71. The van der Waals surface area contributed by atoms with Gasteiger partial charge in [-0.2, -0.15) is 10.5 Å². The van der Waals surface area contributed by atoms with E-state index >= 15 is 0 Å². The molecule has 0 saturated heterocycles. The third-order valence-corrected chi connectivity index (χ3v) is 3.52. The van der Waals surface area contributed by atoms with Gasteiger partial charge in [0.05, 0.1) is 18.1 Å². The van der Waals surface area contributed by atoms with Crippen molar-refractivity contribution in [3.63, 3.8) is 0 Å². The molecule has 0 amide bonds. The molecule has 0 aliphatic heterocycles. The molecular formula is C17H13ClN2. The molecule has 2 rings (SSSR count). The summed E-state index contributed by atoms with van der Waals surface area (Å²) in [4.78, 5) is 0. The molecule has 0 aromatic heterocycles. The summed E-state index contributed by atoms with van der Waals surface area (Å²) in [5.74, 6) is -0.527. The van der Waals surface area contributed by atoms with Crippen LogP contribution in [0.25, 0.3) is 0 Å². The van der Waals surface area contributed by atoms with Crippen molar-refractivity contribution in [1.29, 1.82) is 10.5 Å². The predicted molar refractivity (Wildman–Crippen MR) is 79.2 cm³/mol. The fourth-order valence-electron chi connectivity index (χ4n) is 2.32. The van der Waals surface area contributed by atoms with Crippen molar-refractivity contribution < 1.29 is 0 Å². The quantitative estimate of drug-likeness (QED) is 0.819. The number of nitriles is 2. The zero-order valence-electron chi connectivity index (χ0n) is 10.8. The predicted octanol–water partition coefficient (Wildman–Crippen LogP) is 4.64. The molecule has 98 valence electrons. The third-order valence-electron chi connectivity index (χ3n) is 3.29. The molecule has 0 saturated carbocycles. The van der Waals surface area contributed by atoms with E-state index in [1.807, 2.05) is 42.5 Å². The van der Waals surface area contributed by atoms with Gasteiger partial charge >= 0.3 is 0 Å². The van der Waals surface area contributed by atoms with Gasteiger partial charge in [0.1, 0.15) is 0 Å². The van der Waals surface area contributed by atoms with Gasteiger partial charge in [-0.05, 0) is 23.3 Å².